The Labute approximate surface area is 179 Å². The maximum Gasteiger partial charge on any atom is 0.237 e. The molecule has 1 fully saturated rings. The summed E-state index contributed by atoms with van der Waals surface area (Å²) in [4.78, 5) is 25.8. The molecule has 1 saturated carbocycles. The number of nitrogens with one attached hydrogen (secondary N) is 2. The molecule has 2 aromatic rings. The fraction of sp³-hybridized carbons (Fsp3) is 0.364. The Kier molecular flexibility index (Phi) is 7.57. The summed E-state index contributed by atoms with van der Waals surface area (Å²) in [6.07, 6.45) is 5.51. The van der Waals surface area contributed by atoms with Crippen LogP contribution in [0.2, 0.25) is 0 Å². The van der Waals surface area contributed by atoms with Crippen molar-refractivity contribution < 1.29 is 9.59 Å². The van der Waals surface area contributed by atoms with Gasteiger partial charge >= 0.3 is 0 Å². The van der Waals surface area contributed by atoms with Crippen LogP contribution in [-0.2, 0) is 9.59 Å². The van der Waals surface area contributed by atoms with Gasteiger partial charge in [0.25, 0.3) is 0 Å². The van der Waals surface area contributed by atoms with Crippen LogP contribution in [0, 0.1) is 5.92 Å². The third kappa shape index (κ3) is 5.85. The SMILES string of the molecule is CC(Sc1ccc(NC(=O)C2CCCCC2)cc1)C(=O)Nc1ccccc1Br. The third-order valence-electron chi connectivity index (χ3n) is 4.91. The number of benzene rings is 2. The van der Waals surface area contributed by atoms with Crippen LogP contribution < -0.4 is 10.6 Å². The maximum absolute atomic E-state index is 12.4. The summed E-state index contributed by atoms with van der Waals surface area (Å²) < 4.78 is 0.860. The second-order valence-corrected chi connectivity index (χ2v) is 9.35. The largest absolute Gasteiger partial charge is 0.326 e. The van der Waals surface area contributed by atoms with E-state index < -0.39 is 0 Å². The first-order valence-electron chi connectivity index (χ1n) is 9.66. The van der Waals surface area contributed by atoms with Crippen LogP contribution >= 0.6 is 27.7 Å². The molecular formula is C22H25BrN2O2S. The van der Waals surface area contributed by atoms with Crippen molar-refractivity contribution in [3.63, 3.8) is 0 Å². The number of hydrogen-bond donors (Lipinski definition) is 2. The van der Waals surface area contributed by atoms with Gasteiger partial charge in [-0.2, -0.15) is 0 Å². The zero-order valence-electron chi connectivity index (χ0n) is 15.9. The lowest BCUT2D eigenvalue weighted by Gasteiger charge is -2.20. The minimum absolute atomic E-state index is 0.0495. The molecule has 1 unspecified atom stereocenters. The van der Waals surface area contributed by atoms with Crippen molar-refractivity contribution in [1.82, 2.24) is 0 Å². The number of anilines is 2. The number of thioether (sulfide) groups is 1. The monoisotopic (exact) mass is 460 g/mol. The zero-order chi connectivity index (χ0) is 19.9. The number of halogens is 1. The predicted molar refractivity (Wildman–Crippen MR) is 120 cm³/mol. The molecule has 1 aliphatic rings. The molecule has 0 aromatic heterocycles. The van der Waals surface area contributed by atoms with E-state index in [1.807, 2.05) is 55.5 Å². The average molecular weight is 461 g/mol. The lowest BCUT2D eigenvalue weighted by atomic mass is 9.88. The fourth-order valence-electron chi connectivity index (χ4n) is 3.28. The standard InChI is InChI=1S/C22H25BrN2O2S/c1-15(21(26)25-20-10-6-5-9-19(20)23)28-18-13-11-17(12-14-18)24-22(27)16-7-3-2-4-8-16/h5-6,9-16H,2-4,7-8H2,1H3,(H,24,27)(H,25,26). The molecule has 0 heterocycles. The van der Waals surface area contributed by atoms with E-state index in [1.54, 1.807) is 0 Å². The molecule has 0 radical (unpaired) electrons. The average Bonchev–Trinajstić information content (AvgIpc) is 2.71. The highest BCUT2D eigenvalue weighted by atomic mass is 79.9. The molecule has 1 aliphatic carbocycles. The molecule has 2 aromatic carbocycles. The van der Waals surface area contributed by atoms with Crippen molar-refractivity contribution >= 4 is 50.9 Å². The molecule has 0 saturated heterocycles. The van der Waals surface area contributed by atoms with E-state index in [-0.39, 0.29) is 23.0 Å². The van der Waals surface area contributed by atoms with Crippen molar-refractivity contribution in [2.45, 2.75) is 49.2 Å². The van der Waals surface area contributed by atoms with Gasteiger partial charge < -0.3 is 10.6 Å². The summed E-state index contributed by atoms with van der Waals surface area (Å²) in [5, 5.41) is 5.72. The van der Waals surface area contributed by atoms with Crippen LogP contribution in [0.15, 0.2) is 57.9 Å². The number of hydrogen-bond acceptors (Lipinski definition) is 3. The van der Waals surface area contributed by atoms with Crippen LogP contribution in [0.3, 0.4) is 0 Å². The summed E-state index contributed by atoms with van der Waals surface area (Å²) >= 11 is 4.93. The van der Waals surface area contributed by atoms with E-state index in [1.165, 1.54) is 18.2 Å². The van der Waals surface area contributed by atoms with Gasteiger partial charge in [0.05, 0.1) is 10.9 Å². The van der Waals surface area contributed by atoms with Crippen molar-refractivity contribution in [3.05, 3.63) is 53.0 Å². The zero-order valence-corrected chi connectivity index (χ0v) is 18.3. The summed E-state index contributed by atoms with van der Waals surface area (Å²) in [7, 11) is 0. The molecule has 4 nitrogen and oxygen atoms in total. The van der Waals surface area contributed by atoms with E-state index >= 15 is 0 Å². The Bertz CT molecular complexity index is 820. The molecule has 3 rings (SSSR count). The molecule has 0 spiro atoms. The van der Waals surface area contributed by atoms with Crippen molar-refractivity contribution in [2.24, 2.45) is 5.92 Å². The quantitative estimate of drug-likeness (QED) is 0.512. The van der Waals surface area contributed by atoms with Gasteiger partial charge in [-0.1, -0.05) is 31.4 Å². The lowest BCUT2D eigenvalue weighted by molar-refractivity contribution is -0.120. The van der Waals surface area contributed by atoms with Gasteiger partial charge in [0.1, 0.15) is 0 Å². The van der Waals surface area contributed by atoms with Gasteiger partial charge in [-0.15, -0.1) is 11.8 Å². The summed E-state index contributed by atoms with van der Waals surface area (Å²) in [5.41, 5.74) is 1.57. The fourth-order valence-corrected chi connectivity index (χ4v) is 4.53. The van der Waals surface area contributed by atoms with E-state index in [0.717, 1.165) is 46.4 Å². The molecule has 0 bridgehead atoms. The third-order valence-corrected chi connectivity index (χ3v) is 6.72. The Balaban J connectivity index is 1.52. The molecule has 2 N–H and O–H groups in total. The molecule has 6 heteroatoms. The molecular weight excluding hydrogens is 436 g/mol. The summed E-state index contributed by atoms with van der Waals surface area (Å²) in [5.74, 6) is 0.219. The number of para-hydroxylation sites is 1. The number of rotatable bonds is 6. The van der Waals surface area contributed by atoms with Crippen molar-refractivity contribution in [1.29, 1.82) is 0 Å². The minimum atomic E-state index is -0.241. The molecule has 2 amide bonds. The summed E-state index contributed by atoms with van der Waals surface area (Å²) in [6.45, 7) is 1.88. The van der Waals surface area contributed by atoms with Gasteiger partial charge in [-0.05, 0) is 72.1 Å². The number of carbonyl (C=O) groups is 2. The second-order valence-electron chi connectivity index (χ2n) is 7.08. The molecule has 0 aliphatic heterocycles. The molecule has 28 heavy (non-hydrogen) atoms. The minimum Gasteiger partial charge on any atom is -0.326 e. The maximum atomic E-state index is 12.4. The highest BCUT2D eigenvalue weighted by Crippen LogP contribution is 2.28. The highest BCUT2D eigenvalue weighted by molar-refractivity contribution is 9.10. The van der Waals surface area contributed by atoms with E-state index in [9.17, 15) is 9.59 Å². The first kappa shape index (κ1) is 20.9. The van der Waals surface area contributed by atoms with Gasteiger partial charge in [-0.25, -0.2) is 0 Å². The topological polar surface area (TPSA) is 58.2 Å². The van der Waals surface area contributed by atoms with Gasteiger partial charge in [0.2, 0.25) is 11.8 Å². The summed E-state index contributed by atoms with van der Waals surface area (Å²) in [6, 6.07) is 15.3. The normalized spacial score (nSPS) is 15.6. The van der Waals surface area contributed by atoms with Gasteiger partial charge in [-0.3, -0.25) is 9.59 Å². The van der Waals surface area contributed by atoms with Crippen LogP contribution in [0.4, 0.5) is 11.4 Å². The Morgan fingerprint density at radius 2 is 1.68 bits per heavy atom. The Morgan fingerprint density at radius 1 is 1.00 bits per heavy atom. The number of amides is 2. The van der Waals surface area contributed by atoms with Crippen LogP contribution in [-0.4, -0.2) is 17.1 Å². The number of carbonyl (C=O) groups excluding carboxylic acids is 2. The molecule has 148 valence electrons. The van der Waals surface area contributed by atoms with E-state index in [4.69, 9.17) is 0 Å². The van der Waals surface area contributed by atoms with Crippen molar-refractivity contribution in [3.8, 4) is 0 Å². The van der Waals surface area contributed by atoms with Gasteiger partial charge in [0, 0.05) is 21.0 Å². The highest BCUT2D eigenvalue weighted by Gasteiger charge is 2.21. The van der Waals surface area contributed by atoms with E-state index in [2.05, 4.69) is 26.6 Å². The van der Waals surface area contributed by atoms with Gasteiger partial charge in [0.15, 0.2) is 0 Å². The predicted octanol–water partition coefficient (Wildman–Crippen LogP) is 6.09. The second kappa shape index (κ2) is 10.1. The van der Waals surface area contributed by atoms with Crippen LogP contribution in [0.25, 0.3) is 0 Å². The van der Waals surface area contributed by atoms with E-state index in [0.29, 0.717) is 0 Å². The Morgan fingerprint density at radius 3 is 2.36 bits per heavy atom. The van der Waals surface area contributed by atoms with Crippen LogP contribution in [0.5, 0.6) is 0 Å². The first-order valence-corrected chi connectivity index (χ1v) is 11.3. The Hall–Kier alpha value is -1.79. The lowest BCUT2D eigenvalue weighted by Crippen LogP contribution is -2.24. The van der Waals surface area contributed by atoms with Crippen LogP contribution in [0.1, 0.15) is 39.0 Å². The smallest absolute Gasteiger partial charge is 0.237 e. The molecule has 1 atom stereocenters. The van der Waals surface area contributed by atoms with Crippen molar-refractivity contribution in [2.75, 3.05) is 10.6 Å². The first-order chi connectivity index (χ1) is 13.5.